The van der Waals surface area contributed by atoms with Crippen LogP contribution in [0.15, 0.2) is 84.9 Å². The van der Waals surface area contributed by atoms with E-state index in [9.17, 15) is 0 Å². The average Bonchev–Trinajstić information content (AvgIpc) is 2.99. The molecule has 0 N–H and O–H groups in total. The fourth-order valence-corrected chi connectivity index (χ4v) is 8.97. The first kappa shape index (κ1) is 34.8. The summed E-state index contributed by atoms with van der Waals surface area (Å²) in [4.78, 5) is 16.2. The first-order chi connectivity index (χ1) is 23.7. The largest absolute Gasteiger partial charge is 0.289 e. The zero-order chi connectivity index (χ0) is 36.2. The Balaban J connectivity index is 1.81. The molecule has 0 atom stereocenters. The van der Waals surface area contributed by atoms with E-state index in [1.807, 2.05) is 0 Å². The smallest absolute Gasteiger partial charge is 0.195 e. The van der Waals surface area contributed by atoms with Gasteiger partial charge in [-0.15, -0.1) is 0 Å². The zero-order valence-electron chi connectivity index (χ0n) is 32.0. The summed E-state index contributed by atoms with van der Waals surface area (Å²) < 4.78 is 0. The van der Waals surface area contributed by atoms with Crippen LogP contribution in [-0.4, -0.2) is 5.78 Å². The monoisotopic (exact) mass is 654 g/mol. The molecule has 0 aromatic heterocycles. The maximum Gasteiger partial charge on any atom is 0.195 e. The molecule has 0 saturated carbocycles. The van der Waals surface area contributed by atoms with Gasteiger partial charge in [0.05, 0.1) is 0 Å². The molecule has 0 saturated heterocycles. The highest BCUT2D eigenvalue weighted by Gasteiger charge is 2.29. The molecule has 0 bridgehead atoms. The van der Waals surface area contributed by atoms with Crippen molar-refractivity contribution in [3.63, 3.8) is 0 Å². The molecular formula is C49H50O. The molecule has 6 aromatic rings. The predicted molar refractivity (Wildman–Crippen MR) is 215 cm³/mol. The van der Waals surface area contributed by atoms with E-state index in [4.69, 9.17) is 0 Å². The van der Waals surface area contributed by atoms with Gasteiger partial charge in [-0.25, -0.2) is 0 Å². The molecule has 0 spiro atoms. The lowest BCUT2D eigenvalue weighted by Crippen LogP contribution is -2.12. The molecule has 0 aliphatic carbocycles. The Morgan fingerprint density at radius 2 is 0.500 bits per heavy atom. The second-order valence-electron chi connectivity index (χ2n) is 14.9. The molecule has 0 fully saturated rings. The third-order valence-corrected chi connectivity index (χ3v) is 10.4. The van der Waals surface area contributed by atoms with Gasteiger partial charge < -0.3 is 0 Å². The summed E-state index contributed by atoms with van der Waals surface area (Å²) in [7, 11) is 0. The molecule has 0 heterocycles. The Hall–Kier alpha value is -5.01. The fraction of sp³-hybridized carbons (Fsp3) is 0.245. The minimum atomic E-state index is 0.0544. The molecular weight excluding hydrogens is 605 g/mol. The summed E-state index contributed by atoms with van der Waals surface area (Å²) in [6.07, 6.45) is 0. The number of aryl methyl sites for hydroxylation is 12. The second-order valence-corrected chi connectivity index (χ2v) is 14.9. The first-order valence-corrected chi connectivity index (χ1v) is 17.8. The van der Waals surface area contributed by atoms with Gasteiger partial charge in [0.2, 0.25) is 0 Å². The standard InChI is InChI=1S/C49H50O/c1-27-19-31(5)43(32(6)20-27)39-15-13-16-40(44-33(7)21-28(2)22-34(44)8)47(39)49(50)48-41(45-35(9)23-29(3)24-36(45)10)17-14-18-42(48)46-37(11)25-30(4)26-38(46)12/h13-26H,1-12H3. The average molecular weight is 655 g/mol. The first-order valence-electron chi connectivity index (χ1n) is 17.8. The van der Waals surface area contributed by atoms with E-state index < -0.39 is 0 Å². The van der Waals surface area contributed by atoms with Crippen molar-refractivity contribution in [1.82, 2.24) is 0 Å². The van der Waals surface area contributed by atoms with Gasteiger partial charge in [-0.3, -0.25) is 4.79 Å². The highest BCUT2D eigenvalue weighted by Crippen LogP contribution is 2.45. The molecule has 0 amide bonds. The van der Waals surface area contributed by atoms with E-state index >= 15 is 4.79 Å². The molecule has 252 valence electrons. The van der Waals surface area contributed by atoms with E-state index in [2.05, 4.69) is 168 Å². The van der Waals surface area contributed by atoms with Gasteiger partial charge in [0.25, 0.3) is 0 Å². The Kier molecular flexibility index (Phi) is 9.31. The summed E-state index contributed by atoms with van der Waals surface area (Å²) >= 11 is 0. The number of carbonyl (C=O) groups excluding carboxylic acids is 1. The van der Waals surface area contributed by atoms with Crippen molar-refractivity contribution in [2.75, 3.05) is 0 Å². The van der Waals surface area contributed by atoms with Crippen LogP contribution in [0.2, 0.25) is 0 Å². The topological polar surface area (TPSA) is 17.1 Å². The number of rotatable bonds is 6. The van der Waals surface area contributed by atoms with Crippen LogP contribution in [0.3, 0.4) is 0 Å². The van der Waals surface area contributed by atoms with Gasteiger partial charge in [0.15, 0.2) is 5.78 Å². The van der Waals surface area contributed by atoms with Crippen LogP contribution in [-0.2, 0) is 0 Å². The highest BCUT2D eigenvalue weighted by atomic mass is 16.1. The van der Waals surface area contributed by atoms with Crippen LogP contribution in [0, 0.1) is 83.1 Å². The number of carbonyl (C=O) groups is 1. The van der Waals surface area contributed by atoms with E-state index in [0.717, 1.165) is 55.6 Å². The van der Waals surface area contributed by atoms with E-state index in [1.165, 1.54) is 66.8 Å². The molecule has 0 aliphatic rings. The molecule has 0 aliphatic heterocycles. The molecule has 0 unspecified atom stereocenters. The lowest BCUT2D eigenvalue weighted by Gasteiger charge is -2.24. The van der Waals surface area contributed by atoms with Crippen molar-refractivity contribution in [3.8, 4) is 44.5 Å². The quantitative estimate of drug-likeness (QED) is 0.163. The van der Waals surface area contributed by atoms with Gasteiger partial charge >= 0.3 is 0 Å². The molecule has 1 heteroatoms. The normalized spacial score (nSPS) is 11.3. The van der Waals surface area contributed by atoms with Crippen molar-refractivity contribution in [1.29, 1.82) is 0 Å². The summed E-state index contributed by atoms with van der Waals surface area (Å²) in [5.41, 5.74) is 24.3. The minimum absolute atomic E-state index is 0.0544. The third kappa shape index (κ3) is 6.15. The predicted octanol–water partition coefficient (Wildman–Crippen LogP) is 13.3. The summed E-state index contributed by atoms with van der Waals surface area (Å²) in [5.74, 6) is 0.0544. The maximum atomic E-state index is 16.2. The number of ketones is 1. The molecule has 6 rings (SSSR count). The van der Waals surface area contributed by atoms with Gasteiger partial charge in [-0.1, -0.05) is 107 Å². The van der Waals surface area contributed by atoms with Crippen molar-refractivity contribution in [3.05, 3.63) is 163 Å². The summed E-state index contributed by atoms with van der Waals surface area (Å²) in [6, 6.07) is 30.8. The van der Waals surface area contributed by atoms with Crippen LogP contribution in [0.4, 0.5) is 0 Å². The van der Waals surface area contributed by atoms with E-state index in [-0.39, 0.29) is 5.78 Å². The number of benzene rings is 6. The van der Waals surface area contributed by atoms with E-state index in [0.29, 0.717) is 0 Å². The lowest BCUT2D eigenvalue weighted by atomic mass is 9.78. The maximum absolute atomic E-state index is 16.2. The Morgan fingerprint density at radius 3 is 0.680 bits per heavy atom. The van der Waals surface area contributed by atoms with Gasteiger partial charge in [-0.2, -0.15) is 0 Å². The lowest BCUT2D eigenvalue weighted by molar-refractivity contribution is 0.104. The highest BCUT2D eigenvalue weighted by molar-refractivity contribution is 6.23. The van der Waals surface area contributed by atoms with Crippen LogP contribution in [0.1, 0.15) is 82.7 Å². The third-order valence-electron chi connectivity index (χ3n) is 10.4. The summed E-state index contributed by atoms with van der Waals surface area (Å²) in [5, 5.41) is 0. The van der Waals surface area contributed by atoms with Gasteiger partial charge in [0.1, 0.15) is 0 Å². The van der Waals surface area contributed by atoms with Crippen LogP contribution < -0.4 is 0 Å². The fourth-order valence-electron chi connectivity index (χ4n) is 8.97. The van der Waals surface area contributed by atoms with Crippen molar-refractivity contribution in [2.24, 2.45) is 0 Å². The van der Waals surface area contributed by atoms with Gasteiger partial charge in [0, 0.05) is 11.1 Å². The summed E-state index contributed by atoms with van der Waals surface area (Å²) in [6.45, 7) is 26.0. The van der Waals surface area contributed by atoms with Crippen LogP contribution in [0.5, 0.6) is 0 Å². The Bertz CT molecular complexity index is 1940. The van der Waals surface area contributed by atoms with Crippen molar-refractivity contribution >= 4 is 5.78 Å². The van der Waals surface area contributed by atoms with Crippen LogP contribution >= 0.6 is 0 Å². The second kappa shape index (κ2) is 13.4. The molecule has 6 aromatic carbocycles. The zero-order valence-corrected chi connectivity index (χ0v) is 32.0. The SMILES string of the molecule is Cc1cc(C)c(-c2cccc(-c3c(C)cc(C)cc3C)c2C(=O)c2c(-c3c(C)cc(C)cc3C)cccc2-c2c(C)cc(C)cc2C)c(C)c1. The van der Waals surface area contributed by atoms with Gasteiger partial charge in [-0.05, 0) is 172 Å². The van der Waals surface area contributed by atoms with E-state index in [1.54, 1.807) is 0 Å². The Labute approximate surface area is 300 Å². The van der Waals surface area contributed by atoms with Crippen molar-refractivity contribution < 1.29 is 4.79 Å². The van der Waals surface area contributed by atoms with Crippen molar-refractivity contribution in [2.45, 2.75) is 83.1 Å². The number of hydrogen-bond donors (Lipinski definition) is 0. The molecule has 0 radical (unpaired) electrons. The molecule has 50 heavy (non-hydrogen) atoms. The Morgan fingerprint density at radius 1 is 0.320 bits per heavy atom. The number of hydrogen-bond acceptors (Lipinski definition) is 1. The molecule has 1 nitrogen and oxygen atoms in total. The minimum Gasteiger partial charge on any atom is -0.289 e. The van der Waals surface area contributed by atoms with Crippen LogP contribution in [0.25, 0.3) is 44.5 Å².